The lowest BCUT2D eigenvalue weighted by atomic mass is 10.1. The number of nitrogens with one attached hydrogen (secondary N) is 1. The Morgan fingerprint density at radius 1 is 1.21 bits per heavy atom. The molecule has 0 saturated carbocycles. The Morgan fingerprint density at radius 3 is 2.64 bits per heavy atom. The van der Waals surface area contributed by atoms with Crippen molar-refractivity contribution in [2.75, 3.05) is 17.4 Å². The zero-order valence-corrected chi connectivity index (χ0v) is 17.1. The largest absolute Gasteiger partial charge is 0.454 e. The van der Waals surface area contributed by atoms with Crippen molar-refractivity contribution in [1.29, 1.82) is 0 Å². The summed E-state index contributed by atoms with van der Waals surface area (Å²) in [6, 6.07) is 10.9. The van der Waals surface area contributed by atoms with Crippen LogP contribution in [0.5, 0.6) is 11.5 Å². The molecule has 0 bridgehead atoms. The number of anilines is 1. The molecule has 0 spiro atoms. The highest BCUT2D eigenvalue weighted by molar-refractivity contribution is 7.92. The first-order valence-electron chi connectivity index (χ1n) is 8.71. The van der Waals surface area contributed by atoms with Gasteiger partial charge in [0.2, 0.25) is 22.7 Å². The van der Waals surface area contributed by atoms with E-state index in [0.717, 1.165) is 16.1 Å². The van der Waals surface area contributed by atoms with Gasteiger partial charge in [0, 0.05) is 11.6 Å². The highest BCUT2D eigenvalue weighted by Crippen LogP contribution is 2.32. The third-order valence-corrected chi connectivity index (χ3v) is 5.71. The summed E-state index contributed by atoms with van der Waals surface area (Å²) in [4.78, 5) is 12.8. The summed E-state index contributed by atoms with van der Waals surface area (Å²) in [7, 11) is -3.70. The van der Waals surface area contributed by atoms with E-state index in [1.807, 2.05) is 6.07 Å². The first-order valence-corrected chi connectivity index (χ1v) is 10.9. The van der Waals surface area contributed by atoms with E-state index in [-0.39, 0.29) is 13.3 Å². The van der Waals surface area contributed by atoms with Gasteiger partial charge in [0.1, 0.15) is 6.04 Å². The number of carbonyl (C=O) groups is 1. The molecular formula is C19H21ClN2O5S. The number of carbonyl (C=O) groups excluding carboxylic acids is 1. The lowest BCUT2D eigenvalue weighted by molar-refractivity contribution is -0.122. The topological polar surface area (TPSA) is 84.9 Å². The number of benzene rings is 2. The van der Waals surface area contributed by atoms with Crippen LogP contribution in [0.15, 0.2) is 42.5 Å². The van der Waals surface area contributed by atoms with Crippen molar-refractivity contribution in [2.24, 2.45) is 0 Å². The van der Waals surface area contributed by atoms with Crippen LogP contribution in [-0.2, 0) is 21.4 Å². The van der Waals surface area contributed by atoms with Crippen LogP contribution in [0.3, 0.4) is 0 Å². The zero-order chi connectivity index (χ0) is 20.3. The van der Waals surface area contributed by atoms with Crippen LogP contribution in [-0.4, -0.2) is 33.4 Å². The fourth-order valence-electron chi connectivity index (χ4n) is 3.03. The monoisotopic (exact) mass is 424 g/mol. The highest BCUT2D eigenvalue weighted by Gasteiger charge is 2.31. The van der Waals surface area contributed by atoms with E-state index in [1.54, 1.807) is 37.3 Å². The summed E-state index contributed by atoms with van der Waals surface area (Å²) in [6.07, 6.45) is 1.37. The number of nitrogens with zero attached hydrogens (tertiary/aromatic N) is 1. The van der Waals surface area contributed by atoms with Gasteiger partial charge in [-0.25, -0.2) is 8.42 Å². The predicted molar refractivity (Wildman–Crippen MR) is 107 cm³/mol. The Kier molecular flexibility index (Phi) is 6.00. The van der Waals surface area contributed by atoms with E-state index in [1.165, 1.54) is 6.07 Å². The number of sulfonamides is 1. The molecule has 1 atom stereocenters. The Labute approximate surface area is 169 Å². The lowest BCUT2D eigenvalue weighted by Gasteiger charge is -2.30. The van der Waals surface area contributed by atoms with Gasteiger partial charge in [0.25, 0.3) is 0 Å². The van der Waals surface area contributed by atoms with Crippen molar-refractivity contribution >= 4 is 33.2 Å². The van der Waals surface area contributed by atoms with Crippen LogP contribution in [0.2, 0.25) is 5.02 Å². The number of rotatable bonds is 7. The van der Waals surface area contributed by atoms with Gasteiger partial charge in [0.05, 0.1) is 11.9 Å². The van der Waals surface area contributed by atoms with Gasteiger partial charge in [-0.3, -0.25) is 9.10 Å². The summed E-state index contributed by atoms with van der Waals surface area (Å²) in [6.45, 7) is 2.17. The molecule has 7 nitrogen and oxygen atoms in total. The fourth-order valence-corrected chi connectivity index (χ4v) is 4.42. The van der Waals surface area contributed by atoms with E-state index in [9.17, 15) is 13.2 Å². The molecule has 2 aromatic carbocycles. The third-order valence-electron chi connectivity index (χ3n) is 4.30. The highest BCUT2D eigenvalue weighted by atomic mass is 35.5. The number of ether oxygens (including phenoxy) is 2. The van der Waals surface area contributed by atoms with E-state index in [0.29, 0.717) is 28.6 Å². The van der Waals surface area contributed by atoms with Crippen molar-refractivity contribution < 1.29 is 22.7 Å². The molecule has 1 heterocycles. The second-order valence-corrected chi connectivity index (χ2v) is 8.66. The first-order chi connectivity index (χ1) is 13.3. The van der Waals surface area contributed by atoms with Crippen LogP contribution in [0.1, 0.15) is 18.9 Å². The van der Waals surface area contributed by atoms with Crippen LogP contribution in [0, 0.1) is 0 Å². The molecule has 0 aliphatic carbocycles. The minimum Gasteiger partial charge on any atom is -0.454 e. The molecule has 1 N–H and O–H groups in total. The van der Waals surface area contributed by atoms with Crippen molar-refractivity contribution in [3.8, 4) is 11.5 Å². The summed E-state index contributed by atoms with van der Waals surface area (Å²) in [5.41, 5.74) is 1.17. The molecule has 0 saturated heterocycles. The molecule has 0 radical (unpaired) electrons. The standard InChI is InChI=1S/C19H21ClN2O5S/c1-3-16(22(28(2,24)25)15-6-4-5-14(20)10-15)19(23)21-11-13-7-8-17-18(9-13)27-12-26-17/h4-10,16H,3,11-12H2,1-2H3,(H,21,23). The number of fused-ring (bicyclic) bond motifs is 1. The average Bonchev–Trinajstić information content (AvgIpc) is 3.10. The van der Waals surface area contributed by atoms with Gasteiger partial charge < -0.3 is 14.8 Å². The van der Waals surface area contributed by atoms with Gasteiger partial charge in [-0.15, -0.1) is 0 Å². The molecule has 28 heavy (non-hydrogen) atoms. The smallest absolute Gasteiger partial charge is 0.244 e. The van der Waals surface area contributed by atoms with Gasteiger partial charge in [-0.05, 0) is 42.3 Å². The summed E-state index contributed by atoms with van der Waals surface area (Å²) < 4.78 is 36.6. The number of amides is 1. The Bertz CT molecular complexity index is 980. The summed E-state index contributed by atoms with van der Waals surface area (Å²) in [5, 5.41) is 3.19. The zero-order valence-electron chi connectivity index (χ0n) is 15.5. The van der Waals surface area contributed by atoms with Crippen LogP contribution >= 0.6 is 11.6 Å². The maximum absolute atomic E-state index is 12.8. The number of halogens is 1. The Morgan fingerprint density at radius 2 is 1.96 bits per heavy atom. The van der Waals surface area contributed by atoms with Crippen LogP contribution < -0.4 is 19.1 Å². The SMILES string of the molecule is CCC(C(=O)NCc1ccc2c(c1)OCO2)N(c1cccc(Cl)c1)S(C)(=O)=O. The quantitative estimate of drug-likeness (QED) is 0.738. The minimum absolute atomic E-state index is 0.173. The number of hydrogen-bond acceptors (Lipinski definition) is 5. The summed E-state index contributed by atoms with van der Waals surface area (Å²) in [5.74, 6) is 0.881. The van der Waals surface area contributed by atoms with Crippen molar-refractivity contribution in [3.63, 3.8) is 0 Å². The summed E-state index contributed by atoms with van der Waals surface area (Å²) >= 11 is 6.01. The number of hydrogen-bond donors (Lipinski definition) is 1. The van der Waals surface area contributed by atoms with Crippen LogP contribution in [0.25, 0.3) is 0 Å². The normalized spacial score (nSPS) is 13.8. The van der Waals surface area contributed by atoms with Gasteiger partial charge in [-0.2, -0.15) is 0 Å². The Hall–Kier alpha value is -2.45. The molecule has 1 amide bonds. The molecule has 1 unspecified atom stereocenters. The molecular weight excluding hydrogens is 404 g/mol. The van der Waals surface area contributed by atoms with Crippen molar-refractivity contribution in [1.82, 2.24) is 5.32 Å². The van der Waals surface area contributed by atoms with E-state index in [2.05, 4.69) is 5.32 Å². The van der Waals surface area contributed by atoms with Crippen molar-refractivity contribution in [2.45, 2.75) is 25.9 Å². The Balaban J connectivity index is 1.78. The van der Waals surface area contributed by atoms with Gasteiger partial charge >= 0.3 is 0 Å². The molecule has 9 heteroatoms. The maximum atomic E-state index is 12.8. The molecule has 1 aliphatic heterocycles. The van der Waals surface area contributed by atoms with Gasteiger partial charge in [-0.1, -0.05) is 30.7 Å². The molecule has 0 fully saturated rings. The molecule has 1 aliphatic rings. The second-order valence-electron chi connectivity index (χ2n) is 6.37. The predicted octanol–water partition coefficient (Wildman–Crippen LogP) is 2.93. The lowest BCUT2D eigenvalue weighted by Crippen LogP contribution is -2.49. The third kappa shape index (κ3) is 4.51. The molecule has 2 aromatic rings. The first kappa shape index (κ1) is 20.3. The molecule has 150 valence electrons. The minimum atomic E-state index is -3.70. The van der Waals surface area contributed by atoms with Crippen LogP contribution in [0.4, 0.5) is 5.69 Å². The van der Waals surface area contributed by atoms with Gasteiger partial charge in [0.15, 0.2) is 11.5 Å². The van der Waals surface area contributed by atoms with E-state index in [4.69, 9.17) is 21.1 Å². The van der Waals surface area contributed by atoms with E-state index >= 15 is 0 Å². The second kappa shape index (κ2) is 8.28. The fraction of sp³-hybridized carbons (Fsp3) is 0.316. The molecule has 0 aromatic heterocycles. The molecule has 3 rings (SSSR count). The van der Waals surface area contributed by atoms with Crippen molar-refractivity contribution in [3.05, 3.63) is 53.1 Å². The average molecular weight is 425 g/mol. The van der Waals surface area contributed by atoms with E-state index < -0.39 is 22.0 Å². The maximum Gasteiger partial charge on any atom is 0.244 e.